The van der Waals surface area contributed by atoms with Gasteiger partial charge in [0.15, 0.2) is 5.78 Å². The molecule has 0 spiro atoms. The summed E-state index contributed by atoms with van der Waals surface area (Å²) >= 11 is 0. The first kappa shape index (κ1) is 21.6. The SMILES string of the molecule is COc1ccc(C(=O)C2CCN(C(=O)/C=C/c3cccc(C(F)(F)F)c3)CC2)cc1. The highest BCUT2D eigenvalue weighted by molar-refractivity contribution is 5.98. The Morgan fingerprint density at radius 3 is 2.33 bits per heavy atom. The molecule has 0 aromatic heterocycles. The molecule has 30 heavy (non-hydrogen) atoms. The number of carbonyl (C=O) groups excluding carboxylic acids is 2. The Balaban J connectivity index is 1.56. The van der Waals surface area contributed by atoms with Gasteiger partial charge in [-0.3, -0.25) is 9.59 Å². The third-order valence-corrected chi connectivity index (χ3v) is 5.18. The van der Waals surface area contributed by atoms with Gasteiger partial charge in [-0.25, -0.2) is 0 Å². The number of likely N-dealkylation sites (tertiary alicyclic amines) is 1. The van der Waals surface area contributed by atoms with Crippen LogP contribution in [-0.2, 0) is 11.0 Å². The zero-order valence-electron chi connectivity index (χ0n) is 16.5. The first-order chi connectivity index (χ1) is 14.3. The summed E-state index contributed by atoms with van der Waals surface area (Å²) in [7, 11) is 1.56. The van der Waals surface area contributed by atoms with E-state index in [0.29, 0.717) is 42.8 Å². The fourth-order valence-electron chi connectivity index (χ4n) is 3.44. The van der Waals surface area contributed by atoms with Crippen LogP contribution in [0, 0.1) is 5.92 Å². The minimum atomic E-state index is -4.42. The number of piperidine rings is 1. The number of carbonyl (C=O) groups is 2. The fraction of sp³-hybridized carbons (Fsp3) is 0.304. The van der Waals surface area contributed by atoms with Crippen molar-refractivity contribution in [3.8, 4) is 5.75 Å². The fourth-order valence-corrected chi connectivity index (χ4v) is 3.44. The highest BCUT2D eigenvalue weighted by Gasteiger charge is 2.30. The van der Waals surface area contributed by atoms with Crippen LogP contribution in [-0.4, -0.2) is 36.8 Å². The number of ether oxygens (including phenoxy) is 1. The van der Waals surface area contributed by atoms with Crippen molar-refractivity contribution in [3.05, 3.63) is 71.3 Å². The predicted molar refractivity (Wildman–Crippen MR) is 107 cm³/mol. The third-order valence-electron chi connectivity index (χ3n) is 5.18. The van der Waals surface area contributed by atoms with Gasteiger partial charge in [0, 0.05) is 30.6 Å². The lowest BCUT2D eigenvalue weighted by atomic mass is 9.89. The number of alkyl halides is 3. The van der Waals surface area contributed by atoms with Crippen LogP contribution in [0.1, 0.15) is 34.3 Å². The Morgan fingerprint density at radius 1 is 1.07 bits per heavy atom. The van der Waals surface area contributed by atoms with Crippen molar-refractivity contribution in [1.29, 1.82) is 0 Å². The van der Waals surface area contributed by atoms with Crippen molar-refractivity contribution in [2.75, 3.05) is 20.2 Å². The Bertz CT molecular complexity index is 927. The zero-order chi connectivity index (χ0) is 21.7. The molecule has 1 amide bonds. The molecule has 0 atom stereocenters. The molecule has 0 unspecified atom stereocenters. The largest absolute Gasteiger partial charge is 0.497 e. The number of halogens is 3. The van der Waals surface area contributed by atoms with Crippen molar-refractivity contribution >= 4 is 17.8 Å². The maximum Gasteiger partial charge on any atom is 0.416 e. The summed E-state index contributed by atoms with van der Waals surface area (Å²) in [5.41, 5.74) is 0.169. The minimum absolute atomic E-state index is 0.0456. The molecule has 0 radical (unpaired) electrons. The van der Waals surface area contributed by atoms with Gasteiger partial charge in [0.1, 0.15) is 5.75 Å². The zero-order valence-corrected chi connectivity index (χ0v) is 16.5. The first-order valence-electron chi connectivity index (χ1n) is 9.60. The van der Waals surface area contributed by atoms with E-state index in [4.69, 9.17) is 4.74 Å². The van der Waals surface area contributed by atoms with Gasteiger partial charge in [0.25, 0.3) is 0 Å². The molecule has 0 aliphatic carbocycles. The second kappa shape index (κ2) is 9.15. The molecule has 2 aromatic rings. The summed E-state index contributed by atoms with van der Waals surface area (Å²) in [6, 6.07) is 11.8. The van der Waals surface area contributed by atoms with Crippen molar-refractivity contribution in [2.24, 2.45) is 5.92 Å². The minimum Gasteiger partial charge on any atom is -0.497 e. The summed E-state index contributed by atoms with van der Waals surface area (Å²) in [5.74, 6) is 0.293. The maximum atomic E-state index is 12.8. The second-order valence-corrected chi connectivity index (χ2v) is 7.15. The van der Waals surface area contributed by atoms with E-state index in [9.17, 15) is 22.8 Å². The van der Waals surface area contributed by atoms with Crippen LogP contribution in [0.5, 0.6) is 5.75 Å². The van der Waals surface area contributed by atoms with Crippen molar-refractivity contribution < 1.29 is 27.5 Å². The van der Waals surface area contributed by atoms with Crippen LogP contribution in [0.3, 0.4) is 0 Å². The Hall–Kier alpha value is -3.09. The molecule has 1 aliphatic rings. The van der Waals surface area contributed by atoms with Gasteiger partial charge >= 0.3 is 6.18 Å². The lowest BCUT2D eigenvalue weighted by Gasteiger charge is -2.30. The molecule has 0 N–H and O–H groups in total. The quantitative estimate of drug-likeness (QED) is 0.516. The van der Waals surface area contributed by atoms with E-state index in [-0.39, 0.29) is 17.6 Å². The van der Waals surface area contributed by atoms with Crippen molar-refractivity contribution in [2.45, 2.75) is 19.0 Å². The number of benzene rings is 2. The standard InChI is InChI=1S/C23H22F3NO3/c1-30-20-8-6-17(7-9-20)22(29)18-11-13-27(14-12-18)21(28)10-5-16-3-2-4-19(15-16)23(24,25)26/h2-10,15,18H,11-14H2,1H3/b10-5+. The summed E-state index contributed by atoms with van der Waals surface area (Å²) < 4.78 is 43.5. The number of methoxy groups -OCH3 is 1. The Kier molecular flexibility index (Phi) is 6.59. The topological polar surface area (TPSA) is 46.6 Å². The highest BCUT2D eigenvalue weighted by atomic mass is 19.4. The molecule has 0 bridgehead atoms. The number of nitrogens with zero attached hydrogens (tertiary/aromatic N) is 1. The average Bonchev–Trinajstić information content (AvgIpc) is 2.77. The number of ketones is 1. The summed E-state index contributed by atoms with van der Waals surface area (Å²) in [4.78, 5) is 26.7. The molecule has 158 valence electrons. The molecule has 4 nitrogen and oxygen atoms in total. The van der Waals surface area contributed by atoms with Gasteiger partial charge < -0.3 is 9.64 Å². The van der Waals surface area contributed by atoms with Gasteiger partial charge in [-0.15, -0.1) is 0 Å². The second-order valence-electron chi connectivity index (χ2n) is 7.15. The lowest BCUT2D eigenvalue weighted by molar-refractivity contribution is -0.137. The summed E-state index contributed by atoms with van der Waals surface area (Å²) in [6.45, 7) is 0.858. The molecule has 7 heteroatoms. The third kappa shape index (κ3) is 5.28. The first-order valence-corrected chi connectivity index (χ1v) is 9.60. The van der Waals surface area contributed by atoms with Gasteiger partial charge in [-0.05, 0) is 60.9 Å². The Labute approximate surface area is 173 Å². The van der Waals surface area contributed by atoms with Crippen molar-refractivity contribution in [3.63, 3.8) is 0 Å². The van der Waals surface area contributed by atoms with Gasteiger partial charge in [-0.1, -0.05) is 12.1 Å². The molecular formula is C23H22F3NO3. The monoisotopic (exact) mass is 417 g/mol. The number of amides is 1. The molecule has 1 heterocycles. The predicted octanol–water partition coefficient (Wildman–Crippen LogP) is 4.85. The average molecular weight is 417 g/mol. The van der Waals surface area contributed by atoms with E-state index in [1.807, 2.05) is 0 Å². The molecule has 1 saturated heterocycles. The van der Waals surface area contributed by atoms with E-state index in [0.717, 1.165) is 12.1 Å². The van der Waals surface area contributed by atoms with Crippen LogP contribution in [0.15, 0.2) is 54.6 Å². The normalized spacial score (nSPS) is 15.4. The van der Waals surface area contributed by atoms with E-state index >= 15 is 0 Å². The van der Waals surface area contributed by atoms with Crippen LogP contribution >= 0.6 is 0 Å². The van der Waals surface area contributed by atoms with Gasteiger partial charge in [-0.2, -0.15) is 13.2 Å². The molecule has 1 aliphatic heterocycles. The van der Waals surface area contributed by atoms with Crippen molar-refractivity contribution in [1.82, 2.24) is 4.90 Å². The van der Waals surface area contributed by atoms with Crippen LogP contribution in [0.2, 0.25) is 0 Å². The van der Waals surface area contributed by atoms with E-state index < -0.39 is 11.7 Å². The molecule has 3 rings (SSSR count). The van der Waals surface area contributed by atoms with Crippen LogP contribution < -0.4 is 4.74 Å². The van der Waals surface area contributed by atoms with E-state index in [1.54, 1.807) is 36.3 Å². The molecule has 2 aromatic carbocycles. The Morgan fingerprint density at radius 2 is 1.73 bits per heavy atom. The van der Waals surface area contributed by atoms with Gasteiger partial charge in [0.05, 0.1) is 12.7 Å². The lowest BCUT2D eigenvalue weighted by Crippen LogP contribution is -2.39. The smallest absolute Gasteiger partial charge is 0.416 e. The number of hydrogen-bond acceptors (Lipinski definition) is 3. The van der Waals surface area contributed by atoms with Crippen LogP contribution in [0.25, 0.3) is 6.08 Å². The number of Topliss-reactive ketones (excluding diaryl/α,β-unsaturated/α-hetero) is 1. The number of rotatable bonds is 5. The van der Waals surface area contributed by atoms with E-state index in [1.165, 1.54) is 24.3 Å². The highest BCUT2D eigenvalue weighted by Crippen LogP contribution is 2.30. The number of hydrogen-bond donors (Lipinski definition) is 0. The molecule has 1 fully saturated rings. The van der Waals surface area contributed by atoms with Gasteiger partial charge in [0.2, 0.25) is 5.91 Å². The van der Waals surface area contributed by atoms with E-state index in [2.05, 4.69) is 0 Å². The molecular weight excluding hydrogens is 395 g/mol. The summed E-state index contributed by atoms with van der Waals surface area (Å²) in [5, 5.41) is 0. The summed E-state index contributed by atoms with van der Waals surface area (Å²) in [6.07, 6.45) is -0.665. The van der Waals surface area contributed by atoms with Crippen LogP contribution in [0.4, 0.5) is 13.2 Å². The molecule has 0 saturated carbocycles. The maximum absolute atomic E-state index is 12.8.